The zero-order valence-electron chi connectivity index (χ0n) is 15.6. The molecule has 0 bridgehead atoms. The van der Waals surface area contributed by atoms with E-state index in [1.807, 2.05) is 0 Å². The van der Waals surface area contributed by atoms with Gasteiger partial charge >= 0.3 is 0 Å². The fourth-order valence-electron chi connectivity index (χ4n) is 2.97. The van der Waals surface area contributed by atoms with Gasteiger partial charge in [0, 0.05) is 36.3 Å². The normalized spacial score (nSPS) is 15.7. The molecule has 0 spiro atoms. The summed E-state index contributed by atoms with van der Waals surface area (Å²) in [4.78, 5) is 26.3. The average Bonchev–Trinajstić information content (AvgIpc) is 2.60. The zero-order valence-corrected chi connectivity index (χ0v) is 15.6. The third-order valence-electron chi connectivity index (χ3n) is 4.62. The van der Waals surface area contributed by atoms with E-state index < -0.39 is 0 Å². The Morgan fingerprint density at radius 1 is 1.28 bits per heavy atom. The molecule has 6 nitrogen and oxygen atoms in total. The molecule has 1 aromatic carbocycles. The summed E-state index contributed by atoms with van der Waals surface area (Å²) in [7, 11) is 1.56. The van der Waals surface area contributed by atoms with Gasteiger partial charge in [-0.2, -0.15) is 0 Å². The first-order valence-electron chi connectivity index (χ1n) is 8.61. The number of rotatable bonds is 7. The summed E-state index contributed by atoms with van der Waals surface area (Å²) in [6.07, 6.45) is 0.184. The van der Waals surface area contributed by atoms with Crippen molar-refractivity contribution in [3.63, 3.8) is 0 Å². The predicted octanol–water partition coefficient (Wildman–Crippen LogP) is 1.67. The number of benzene rings is 1. The molecule has 2 rings (SSSR count). The number of hydrogen-bond acceptors (Lipinski definition) is 5. The Balaban J connectivity index is 1.97. The smallest absolute Gasteiger partial charge is 0.224 e. The zero-order chi connectivity index (χ0) is 18.4. The SMILES string of the molecule is COc1ccc(C(C)=O)cc1CC(=O)NCC(C)(C)N1CCOCC1. The van der Waals surface area contributed by atoms with E-state index in [1.165, 1.54) is 6.92 Å². The lowest BCUT2D eigenvalue weighted by atomic mass is 10.0. The topological polar surface area (TPSA) is 67.9 Å². The van der Waals surface area contributed by atoms with E-state index in [9.17, 15) is 9.59 Å². The summed E-state index contributed by atoms with van der Waals surface area (Å²) in [5.74, 6) is 0.505. The first-order chi connectivity index (χ1) is 11.8. The minimum absolute atomic E-state index is 0.0299. The van der Waals surface area contributed by atoms with Crippen LogP contribution in [0.25, 0.3) is 0 Å². The Kier molecular flexibility index (Phi) is 6.56. The fraction of sp³-hybridized carbons (Fsp3) is 0.579. The third kappa shape index (κ3) is 5.28. The molecule has 1 fully saturated rings. The number of methoxy groups -OCH3 is 1. The molecule has 0 unspecified atom stereocenters. The molecule has 138 valence electrons. The lowest BCUT2D eigenvalue weighted by molar-refractivity contribution is -0.121. The van der Waals surface area contributed by atoms with Crippen LogP contribution in [0.15, 0.2) is 18.2 Å². The van der Waals surface area contributed by atoms with Crippen LogP contribution in [0.2, 0.25) is 0 Å². The van der Waals surface area contributed by atoms with E-state index in [0.717, 1.165) is 31.9 Å². The first kappa shape index (κ1) is 19.4. The minimum Gasteiger partial charge on any atom is -0.496 e. The summed E-state index contributed by atoms with van der Waals surface area (Å²) >= 11 is 0. The first-order valence-corrected chi connectivity index (χ1v) is 8.61. The summed E-state index contributed by atoms with van der Waals surface area (Å²) in [5.41, 5.74) is 1.17. The second kappa shape index (κ2) is 8.45. The molecule has 1 saturated heterocycles. The number of nitrogens with zero attached hydrogens (tertiary/aromatic N) is 1. The average molecular weight is 348 g/mol. The van der Waals surface area contributed by atoms with Crippen LogP contribution in [-0.4, -0.2) is 62.1 Å². The Labute approximate surface area is 149 Å². The van der Waals surface area contributed by atoms with Crippen LogP contribution in [0, 0.1) is 0 Å². The van der Waals surface area contributed by atoms with E-state index in [-0.39, 0.29) is 23.7 Å². The molecule has 0 aliphatic carbocycles. The van der Waals surface area contributed by atoms with E-state index in [0.29, 0.717) is 17.9 Å². The van der Waals surface area contributed by atoms with E-state index in [2.05, 4.69) is 24.1 Å². The van der Waals surface area contributed by atoms with Crippen LogP contribution < -0.4 is 10.1 Å². The van der Waals surface area contributed by atoms with Gasteiger partial charge in [0.1, 0.15) is 5.75 Å². The number of hydrogen-bond donors (Lipinski definition) is 1. The number of morpholine rings is 1. The molecule has 1 aliphatic heterocycles. The van der Waals surface area contributed by atoms with Crippen molar-refractivity contribution in [1.29, 1.82) is 0 Å². The lowest BCUT2D eigenvalue weighted by Crippen LogP contribution is -2.55. The number of amides is 1. The number of nitrogens with one attached hydrogen (secondary N) is 1. The second-order valence-electron chi connectivity index (χ2n) is 6.95. The molecule has 1 heterocycles. The molecule has 0 radical (unpaired) electrons. The third-order valence-corrected chi connectivity index (χ3v) is 4.62. The Morgan fingerprint density at radius 3 is 2.56 bits per heavy atom. The molecular formula is C19H28N2O4. The van der Waals surface area contributed by atoms with Crippen molar-refractivity contribution in [2.45, 2.75) is 32.7 Å². The van der Waals surface area contributed by atoms with E-state index in [1.54, 1.807) is 25.3 Å². The molecule has 0 aromatic heterocycles. The Morgan fingerprint density at radius 2 is 1.96 bits per heavy atom. The number of ether oxygens (including phenoxy) is 2. The molecule has 25 heavy (non-hydrogen) atoms. The van der Waals surface area contributed by atoms with Gasteiger partial charge < -0.3 is 14.8 Å². The predicted molar refractivity (Wildman–Crippen MR) is 96.2 cm³/mol. The van der Waals surface area contributed by atoms with Crippen LogP contribution in [0.5, 0.6) is 5.75 Å². The van der Waals surface area contributed by atoms with Crippen LogP contribution in [0.1, 0.15) is 36.7 Å². The van der Waals surface area contributed by atoms with Crippen LogP contribution >= 0.6 is 0 Å². The highest BCUT2D eigenvalue weighted by Gasteiger charge is 2.28. The molecule has 1 amide bonds. The fourth-order valence-corrected chi connectivity index (χ4v) is 2.97. The summed E-state index contributed by atoms with van der Waals surface area (Å²) in [6, 6.07) is 5.18. The number of Topliss-reactive ketones (excluding diaryl/α,β-unsaturated/α-hetero) is 1. The van der Waals surface area contributed by atoms with Crippen molar-refractivity contribution in [2.75, 3.05) is 40.0 Å². The second-order valence-corrected chi connectivity index (χ2v) is 6.95. The Hall–Kier alpha value is -1.92. The number of ketones is 1. The molecule has 0 atom stereocenters. The van der Waals surface area contributed by atoms with Crippen LogP contribution in [0.4, 0.5) is 0 Å². The van der Waals surface area contributed by atoms with Gasteiger partial charge in [0.05, 0.1) is 26.7 Å². The maximum absolute atomic E-state index is 12.4. The van der Waals surface area contributed by atoms with Gasteiger partial charge in [-0.05, 0) is 39.0 Å². The number of carbonyl (C=O) groups excluding carboxylic acids is 2. The van der Waals surface area contributed by atoms with Gasteiger partial charge in [0.2, 0.25) is 5.91 Å². The molecule has 1 aromatic rings. The Bertz CT molecular complexity index is 622. The van der Waals surface area contributed by atoms with Gasteiger partial charge in [-0.3, -0.25) is 14.5 Å². The largest absolute Gasteiger partial charge is 0.496 e. The summed E-state index contributed by atoms with van der Waals surface area (Å²) in [5, 5.41) is 3.01. The molecular weight excluding hydrogens is 320 g/mol. The van der Waals surface area contributed by atoms with Gasteiger partial charge in [-0.15, -0.1) is 0 Å². The monoisotopic (exact) mass is 348 g/mol. The summed E-state index contributed by atoms with van der Waals surface area (Å²) in [6.45, 7) is 9.51. The van der Waals surface area contributed by atoms with Crippen molar-refractivity contribution in [3.8, 4) is 5.75 Å². The lowest BCUT2D eigenvalue weighted by Gasteiger charge is -2.40. The summed E-state index contributed by atoms with van der Waals surface area (Å²) < 4.78 is 10.7. The van der Waals surface area contributed by atoms with Crippen molar-refractivity contribution < 1.29 is 19.1 Å². The molecule has 6 heteroatoms. The standard InChI is InChI=1S/C19H28N2O4/c1-14(22)15-5-6-17(24-4)16(11-15)12-18(23)20-13-19(2,3)21-7-9-25-10-8-21/h5-6,11H,7-10,12-13H2,1-4H3,(H,20,23). The maximum atomic E-state index is 12.4. The van der Waals surface area contributed by atoms with Crippen molar-refractivity contribution in [2.24, 2.45) is 0 Å². The van der Waals surface area contributed by atoms with Gasteiger partial charge in [-0.25, -0.2) is 0 Å². The highest BCUT2D eigenvalue weighted by molar-refractivity contribution is 5.94. The molecule has 1 aliphatic rings. The van der Waals surface area contributed by atoms with Crippen LogP contribution in [-0.2, 0) is 16.0 Å². The highest BCUT2D eigenvalue weighted by Crippen LogP contribution is 2.21. The number of carbonyl (C=O) groups is 2. The van der Waals surface area contributed by atoms with Crippen molar-refractivity contribution in [3.05, 3.63) is 29.3 Å². The van der Waals surface area contributed by atoms with E-state index in [4.69, 9.17) is 9.47 Å². The highest BCUT2D eigenvalue weighted by atomic mass is 16.5. The van der Waals surface area contributed by atoms with E-state index >= 15 is 0 Å². The molecule has 0 saturated carbocycles. The maximum Gasteiger partial charge on any atom is 0.224 e. The van der Waals surface area contributed by atoms with Crippen LogP contribution in [0.3, 0.4) is 0 Å². The van der Waals surface area contributed by atoms with Gasteiger partial charge in [0.25, 0.3) is 0 Å². The van der Waals surface area contributed by atoms with Gasteiger partial charge in [-0.1, -0.05) is 0 Å². The minimum atomic E-state index is -0.134. The van der Waals surface area contributed by atoms with Crippen molar-refractivity contribution in [1.82, 2.24) is 10.2 Å². The van der Waals surface area contributed by atoms with Crippen molar-refractivity contribution >= 4 is 11.7 Å². The quantitative estimate of drug-likeness (QED) is 0.759. The van der Waals surface area contributed by atoms with Gasteiger partial charge in [0.15, 0.2) is 5.78 Å². The molecule has 1 N–H and O–H groups in total.